The number of rotatable bonds is 13. The van der Waals surface area contributed by atoms with E-state index in [4.69, 9.17) is 18.9 Å². The van der Waals surface area contributed by atoms with E-state index in [-0.39, 0.29) is 36.6 Å². The van der Waals surface area contributed by atoms with Gasteiger partial charge in [-0.25, -0.2) is 19.2 Å². The van der Waals surface area contributed by atoms with Crippen LogP contribution in [-0.4, -0.2) is 72.1 Å². The van der Waals surface area contributed by atoms with Crippen molar-refractivity contribution in [2.75, 3.05) is 24.7 Å². The monoisotopic (exact) mass is 788 g/mol. The third-order valence-electron chi connectivity index (χ3n) is 10.1. The topological polar surface area (TPSA) is 129 Å². The molecule has 6 rings (SSSR count). The van der Waals surface area contributed by atoms with E-state index in [0.717, 1.165) is 41.5 Å². The fourth-order valence-electron chi connectivity index (χ4n) is 7.93. The van der Waals surface area contributed by atoms with Crippen molar-refractivity contribution in [2.45, 2.75) is 102 Å². The first-order valence-corrected chi connectivity index (χ1v) is 21.5. The molecule has 294 valence electrons. The molecule has 0 aromatic heterocycles. The molecule has 0 heterocycles. The summed E-state index contributed by atoms with van der Waals surface area (Å²) in [6, 6.07) is 22.5. The molecule has 0 spiro atoms. The van der Waals surface area contributed by atoms with E-state index < -0.39 is 47.4 Å². The predicted molar refractivity (Wildman–Crippen MR) is 216 cm³/mol. The van der Waals surface area contributed by atoms with E-state index in [1.165, 1.54) is 32.7 Å². The number of fused-ring (bicyclic) bond motifs is 6. The lowest BCUT2D eigenvalue weighted by Crippen LogP contribution is -2.46. The molecule has 55 heavy (non-hydrogen) atoms. The smallest absolute Gasteiger partial charge is 0.407 e. The Bertz CT molecular complexity index is 1830. The number of alkyl carbamates (subject to hydrolysis) is 2. The molecular weight excluding hydrogens is 737 g/mol. The van der Waals surface area contributed by atoms with Gasteiger partial charge in [0.2, 0.25) is 0 Å². The molecule has 5 atom stereocenters. The molecule has 2 amide bonds. The van der Waals surface area contributed by atoms with Crippen LogP contribution >= 0.6 is 21.6 Å². The number of ether oxygens (including phenoxy) is 4. The highest BCUT2D eigenvalue weighted by Gasteiger charge is 2.43. The molecule has 10 nitrogen and oxygen atoms in total. The lowest BCUT2D eigenvalue weighted by Gasteiger charge is -2.25. The summed E-state index contributed by atoms with van der Waals surface area (Å²) >= 11 is 0. The number of hydrogen-bond acceptors (Lipinski definition) is 10. The Morgan fingerprint density at radius 3 is 1.60 bits per heavy atom. The van der Waals surface area contributed by atoms with Crippen LogP contribution in [0.25, 0.3) is 11.1 Å². The van der Waals surface area contributed by atoms with Gasteiger partial charge in [0.15, 0.2) is 0 Å². The van der Waals surface area contributed by atoms with Crippen molar-refractivity contribution in [2.24, 2.45) is 5.92 Å². The molecule has 2 N–H and O–H groups in total. The Morgan fingerprint density at radius 2 is 1.09 bits per heavy atom. The summed E-state index contributed by atoms with van der Waals surface area (Å²) in [5, 5.41) is 5.43. The maximum atomic E-state index is 13.3. The molecule has 0 bridgehead atoms. The number of carbonyl (C=O) groups excluding carboxylic acids is 4. The Morgan fingerprint density at radius 1 is 0.636 bits per heavy atom. The summed E-state index contributed by atoms with van der Waals surface area (Å²) in [6.07, 6.45) is 1.98. The summed E-state index contributed by atoms with van der Waals surface area (Å²) in [7, 11) is 2.51. The fourth-order valence-corrected chi connectivity index (χ4v) is 10.2. The molecule has 3 aromatic rings. The van der Waals surface area contributed by atoms with Crippen molar-refractivity contribution in [3.8, 4) is 11.1 Å². The molecule has 1 saturated carbocycles. The van der Waals surface area contributed by atoms with Gasteiger partial charge in [-0.1, -0.05) is 101 Å². The lowest BCUT2D eigenvalue weighted by atomic mass is 9.90. The number of carbonyl (C=O) groups is 4. The Labute approximate surface area is 331 Å². The SMILES string of the molecule is CC(C)(C)OC(=O)C(CSSCC(NC(=O)OCC1c2ccccc2C2CCCC21)C(=O)OC(C)(C)C)NC(=O)OCC1c2ccccc2-c2ccccc21. The molecule has 1 fully saturated rings. The minimum absolute atomic E-state index is 0.0939. The Hall–Kier alpha value is -4.16. The molecule has 0 radical (unpaired) electrons. The second-order valence-electron chi connectivity index (χ2n) is 16.4. The van der Waals surface area contributed by atoms with Gasteiger partial charge in [0, 0.05) is 23.3 Å². The zero-order chi connectivity index (χ0) is 39.3. The first-order chi connectivity index (χ1) is 26.2. The molecule has 3 aliphatic carbocycles. The van der Waals surface area contributed by atoms with Gasteiger partial charge in [-0.05, 0) is 99.6 Å². The van der Waals surface area contributed by atoms with Gasteiger partial charge in [0.1, 0.15) is 36.5 Å². The second kappa shape index (κ2) is 17.3. The minimum atomic E-state index is -1.04. The van der Waals surface area contributed by atoms with Gasteiger partial charge < -0.3 is 29.6 Å². The predicted octanol–water partition coefficient (Wildman–Crippen LogP) is 8.73. The zero-order valence-electron chi connectivity index (χ0n) is 32.4. The van der Waals surface area contributed by atoms with Gasteiger partial charge in [-0.3, -0.25) is 0 Å². The summed E-state index contributed by atoms with van der Waals surface area (Å²) in [4.78, 5) is 52.9. The summed E-state index contributed by atoms with van der Waals surface area (Å²) in [6.45, 7) is 10.9. The number of hydrogen-bond donors (Lipinski definition) is 2. The second-order valence-corrected chi connectivity index (χ2v) is 18.9. The summed E-state index contributed by atoms with van der Waals surface area (Å²) in [5.74, 6) is -0.0553. The van der Waals surface area contributed by atoms with Crippen molar-refractivity contribution in [1.82, 2.24) is 10.6 Å². The quantitative estimate of drug-likeness (QED) is 0.0751. The van der Waals surface area contributed by atoms with Crippen LogP contribution in [0, 0.1) is 5.92 Å². The largest absolute Gasteiger partial charge is 0.458 e. The first-order valence-electron chi connectivity index (χ1n) is 19.0. The third kappa shape index (κ3) is 10.2. The summed E-state index contributed by atoms with van der Waals surface area (Å²) in [5.41, 5.74) is 5.41. The first kappa shape index (κ1) is 40.5. The molecule has 5 unspecified atom stereocenters. The minimum Gasteiger partial charge on any atom is -0.458 e. The highest BCUT2D eigenvalue weighted by Crippen LogP contribution is 2.54. The van der Waals surface area contributed by atoms with E-state index >= 15 is 0 Å². The standard InChI is InChI=1S/C43H52N2O8S2/c1-42(2,3)52-38(46)36(44-40(48)50-22-34-30-17-10-7-14-26(30)27-15-8-11-18-31(27)34)24-54-55-25-37(39(47)53-43(4,5)6)45-41(49)51-23-35-32-19-12-9-16-28(32)29-20-13-21-33(29)35/h7-12,14-19,29,33-37H,13,20-25H2,1-6H3,(H,44,48)(H,45,49). The third-order valence-corrected chi connectivity index (χ3v) is 12.6. The fraction of sp³-hybridized carbons (Fsp3) is 0.488. The summed E-state index contributed by atoms with van der Waals surface area (Å²) < 4.78 is 22.8. The van der Waals surface area contributed by atoms with E-state index in [1.54, 1.807) is 41.5 Å². The van der Waals surface area contributed by atoms with E-state index in [2.05, 4.69) is 41.0 Å². The molecule has 0 aliphatic heterocycles. The highest BCUT2D eigenvalue weighted by molar-refractivity contribution is 8.76. The maximum Gasteiger partial charge on any atom is 0.407 e. The van der Waals surface area contributed by atoms with Crippen LogP contribution in [0.4, 0.5) is 9.59 Å². The molecule has 3 aromatic carbocycles. The number of nitrogens with one attached hydrogen (secondary N) is 2. The Balaban J connectivity index is 1.04. The van der Waals surface area contributed by atoms with Crippen molar-refractivity contribution in [3.63, 3.8) is 0 Å². The van der Waals surface area contributed by atoms with Crippen LogP contribution in [0.1, 0.15) is 101 Å². The van der Waals surface area contributed by atoms with E-state index in [0.29, 0.717) is 11.8 Å². The zero-order valence-corrected chi connectivity index (χ0v) is 34.1. The average Bonchev–Trinajstić information content (AvgIpc) is 3.81. The maximum absolute atomic E-state index is 13.3. The average molecular weight is 789 g/mol. The number of benzene rings is 3. The van der Waals surface area contributed by atoms with Crippen molar-refractivity contribution >= 4 is 45.7 Å². The van der Waals surface area contributed by atoms with E-state index in [9.17, 15) is 19.2 Å². The Kier molecular flexibility index (Phi) is 12.8. The molecule has 12 heteroatoms. The van der Waals surface area contributed by atoms with Crippen LogP contribution in [-0.2, 0) is 28.5 Å². The molecular formula is C43H52N2O8S2. The normalized spacial score (nSPS) is 19.6. The van der Waals surface area contributed by atoms with E-state index in [1.807, 2.05) is 42.5 Å². The van der Waals surface area contributed by atoms with Crippen LogP contribution in [0.2, 0.25) is 0 Å². The van der Waals surface area contributed by atoms with Gasteiger partial charge in [-0.15, -0.1) is 0 Å². The van der Waals surface area contributed by atoms with Crippen LogP contribution in [0.5, 0.6) is 0 Å². The van der Waals surface area contributed by atoms with Gasteiger partial charge in [0.05, 0.1) is 0 Å². The number of amides is 2. The number of esters is 2. The van der Waals surface area contributed by atoms with Gasteiger partial charge in [-0.2, -0.15) is 0 Å². The van der Waals surface area contributed by atoms with Gasteiger partial charge in [0.25, 0.3) is 0 Å². The van der Waals surface area contributed by atoms with Crippen molar-refractivity contribution in [3.05, 3.63) is 95.1 Å². The van der Waals surface area contributed by atoms with Crippen molar-refractivity contribution in [1.29, 1.82) is 0 Å². The van der Waals surface area contributed by atoms with Gasteiger partial charge >= 0.3 is 24.1 Å². The van der Waals surface area contributed by atoms with Crippen LogP contribution < -0.4 is 10.6 Å². The molecule has 0 saturated heterocycles. The lowest BCUT2D eigenvalue weighted by molar-refractivity contribution is -0.157. The molecule has 3 aliphatic rings. The van der Waals surface area contributed by atoms with Crippen LogP contribution in [0.3, 0.4) is 0 Å². The van der Waals surface area contributed by atoms with Crippen LogP contribution in [0.15, 0.2) is 72.8 Å². The van der Waals surface area contributed by atoms with Crippen molar-refractivity contribution < 1.29 is 38.1 Å². The highest BCUT2D eigenvalue weighted by atomic mass is 33.1.